The van der Waals surface area contributed by atoms with E-state index in [1.807, 2.05) is 24.3 Å². The van der Waals surface area contributed by atoms with Gasteiger partial charge >= 0.3 is 0 Å². The van der Waals surface area contributed by atoms with Crippen LogP contribution in [-0.4, -0.2) is 32.8 Å². The third kappa shape index (κ3) is 2.59. The lowest BCUT2D eigenvalue weighted by molar-refractivity contribution is 0.584. The van der Waals surface area contributed by atoms with Crippen LogP contribution in [0.2, 0.25) is 0 Å². The second kappa shape index (κ2) is 5.16. The third-order valence-electron chi connectivity index (χ3n) is 3.09. The molecule has 3 rings (SSSR count). The highest BCUT2D eigenvalue weighted by Gasteiger charge is 2.17. The molecule has 0 spiro atoms. The van der Waals surface area contributed by atoms with Crippen LogP contribution < -0.4 is 5.32 Å². The summed E-state index contributed by atoms with van der Waals surface area (Å²) in [7, 11) is 0. The van der Waals surface area contributed by atoms with E-state index in [1.165, 1.54) is 12.8 Å². The van der Waals surface area contributed by atoms with Crippen molar-refractivity contribution < 1.29 is 0 Å². The van der Waals surface area contributed by atoms with Crippen molar-refractivity contribution in [2.75, 3.05) is 6.54 Å². The summed E-state index contributed by atoms with van der Waals surface area (Å²) in [5, 5.41) is 16.1. The average molecular weight is 308 g/mol. The number of hydrogen-bond acceptors (Lipinski definition) is 4. The molecule has 0 radical (unpaired) electrons. The van der Waals surface area contributed by atoms with Crippen LogP contribution in [0.4, 0.5) is 0 Å². The van der Waals surface area contributed by atoms with Crippen LogP contribution in [0.1, 0.15) is 18.7 Å². The second-order valence-electron chi connectivity index (χ2n) is 4.47. The zero-order chi connectivity index (χ0) is 12.4. The fourth-order valence-corrected chi connectivity index (χ4v) is 2.57. The SMILES string of the molecule is Brc1cccc(-n2nnc(CC3CCCN3)n2)c1. The smallest absolute Gasteiger partial charge is 0.176 e. The molecule has 94 valence electrons. The molecule has 1 aliphatic rings. The van der Waals surface area contributed by atoms with Gasteiger partial charge in [0.25, 0.3) is 0 Å². The third-order valence-corrected chi connectivity index (χ3v) is 3.58. The molecule has 1 N–H and O–H groups in total. The van der Waals surface area contributed by atoms with Gasteiger partial charge in [0.2, 0.25) is 0 Å². The number of tetrazole rings is 1. The quantitative estimate of drug-likeness (QED) is 0.938. The van der Waals surface area contributed by atoms with Crippen LogP contribution in [0.25, 0.3) is 5.69 Å². The Morgan fingerprint density at radius 2 is 2.39 bits per heavy atom. The van der Waals surface area contributed by atoms with Gasteiger partial charge in [-0.05, 0) is 42.8 Å². The van der Waals surface area contributed by atoms with Crippen LogP contribution in [0, 0.1) is 0 Å². The van der Waals surface area contributed by atoms with Crippen molar-refractivity contribution in [3.05, 3.63) is 34.6 Å². The van der Waals surface area contributed by atoms with Crippen molar-refractivity contribution in [3.63, 3.8) is 0 Å². The summed E-state index contributed by atoms with van der Waals surface area (Å²) in [4.78, 5) is 1.58. The first kappa shape index (κ1) is 11.8. The number of aromatic nitrogens is 4. The van der Waals surface area contributed by atoms with Gasteiger partial charge in [-0.15, -0.1) is 15.0 Å². The van der Waals surface area contributed by atoms with Crippen LogP contribution in [0.15, 0.2) is 28.7 Å². The maximum Gasteiger partial charge on any atom is 0.176 e. The lowest BCUT2D eigenvalue weighted by atomic mass is 10.1. The van der Waals surface area contributed by atoms with Gasteiger partial charge in [-0.1, -0.05) is 22.0 Å². The molecule has 5 nitrogen and oxygen atoms in total. The Labute approximate surface area is 114 Å². The normalized spacial score (nSPS) is 19.3. The predicted molar refractivity (Wildman–Crippen MR) is 71.6 cm³/mol. The van der Waals surface area contributed by atoms with Crippen molar-refractivity contribution in [2.24, 2.45) is 0 Å². The zero-order valence-corrected chi connectivity index (χ0v) is 11.5. The molecule has 1 aromatic carbocycles. The maximum atomic E-state index is 4.42. The minimum Gasteiger partial charge on any atom is -0.314 e. The summed E-state index contributed by atoms with van der Waals surface area (Å²) < 4.78 is 1.01. The van der Waals surface area contributed by atoms with E-state index in [1.54, 1.807) is 4.80 Å². The molecule has 0 amide bonds. The van der Waals surface area contributed by atoms with Crippen LogP contribution >= 0.6 is 15.9 Å². The Morgan fingerprint density at radius 1 is 1.44 bits per heavy atom. The lowest BCUT2D eigenvalue weighted by Crippen LogP contribution is -2.24. The van der Waals surface area contributed by atoms with Gasteiger partial charge in [0.05, 0.1) is 5.69 Å². The van der Waals surface area contributed by atoms with E-state index in [0.29, 0.717) is 6.04 Å². The van der Waals surface area contributed by atoms with E-state index in [-0.39, 0.29) is 0 Å². The molecule has 2 aromatic rings. The van der Waals surface area contributed by atoms with Crippen molar-refractivity contribution in [2.45, 2.75) is 25.3 Å². The molecule has 2 heterocycles. The topological polar surface area (TPSA) is 55.6 Å². The predicted octanol–water partition coefficient (Wildman–Crippen LogP) is 1.72. The largest absolute Gasteiger partial charge is 0.314 e. The Kier molecular flexibility index (Phi) is 3.38. The van der Waals surface area contributed by atoms with Gasteiger partial charge in [-0.2, -0.15) is 0 Å². The van der Waals surface area contributed by atoms with E-state index >= 15 is 0 Å². The monoisotopic (exact) mass is 307 g/mol. The van der Waals surface area contributed by atoms with Crippen molar-refractivity contribution in [3.8, 4) is 5.69 Å². The van der Waals surface area contributed by atoms with E-state index in [0.717, 1.165) is 29.0 Å². The molecule has 6 heteroatoms. The molecular weight excluding hydrogens is 294 g/mol. The minimum absolute atomic E-state index is 0.505. The highest BCUT2D eigenvalue weighted by atomic mass is 79.9. The first-order valence-corrected chi connectivity index (χ1v) is 6.89. The number of hydrogen-bond donors (Lipinski definition) is 1. The summed E-state index contributed by atoms with van der Waals surface area (Å²) in [6.07, 6.45) is 3.30. The molecule has 18 heavy (non-hydrogen) atoms. The van der Waals surface area contributed by atoms with Gasteiger partial charge < -0.3 is 5.32 Å². The first-order valence-electron chi connectivity index (χ1n) is 6.09. The van der Waals surface area contributed by atoms with Crippen LogP contribution in [0.3, 0.4) is 0 Å². The van der Waals surface area contributed by atoms with E-state index in [9.17, 15) is 0 Å². The van der Waals surface area contributed by atoms with Gasteiger partial charge in [0, 0.05) is 16.9 Å². The van der Waals surface area contributed by atoms with Crippen LogP contribution in [0.5, 0.6) is 0 Å². The minimum atomic E-state index is 0.505. The Morgan fingerprint density at radius 3 is 3.17 bits per heavy atom. The molecule has 1 unspecified atom stereocenters. The standard InChI is InChI=1S/C12H14BrN5/c13-9-3-1-5-11(7-9)18-16-12(15-17-18)8-10-4-2-6-14-10/h1,3,5,7,10,14H,2,4,6,8H2. The molecule has 0 bridgehead atoms. The lowest BCUT2D eigenvalue weighted by Gasteiger charge is -2.05. The summed E-state index contributed by atoms with van der Waals surface area (Å²) >= 11 is 3.44. The van der Waals surface area contributed by atoms with Crippen molar-refractivity contribution >= 4 is 15.9 Å². The summed E-state index contributed by atoms with van der Waals surface area (Å²) in [5.41, 5.74) is 0.919. The van der Waals surface area contributed by atoms with Crippen molar-refractivity contribution in [1.29, 1.82) is 0 Å². The molecule has 1 aromatic heterocycles. The Balaban J connectivity index is 1.76. The number of nitrogens with one attached hydrogen (secondary N) is 1. The molecule has 1 atom stereocenters. The second-order valence-corrected chi connectivity index (χ2v) is 5.39. The van der Waals surface area contributed by atoms with Gasteiger partial charge in [0.1, 0.15) is 0 Å². The van der Waals surface area contributed by atoms with Crippen molar-refractivity contribution in [1.82, 2.24) is 25.5 Å². The van der Waals surface area contributed by atoms with E-state index in [4.69, 9.17) is 0 Å². The molecule has 1 saturated heterocycles. The number of halogens is 1. The first-order chi connectivity index (χ1) is 8.81. The van der Waals surface area contributed by atoms with E-state index < -0.39 is 0 Å². The average Bonchev–Trinajstić information content (AvgIpc) is 3.01. The number of benzene rings is 1. The molecular formula is C12H14BrN5. The number of nitrogens with zero attached hydrogens (tertiary/aromatic N) is 4. The molecule has 1 aliphatic heterocycles. The highest BCUT2D eigenvalue weighted by Crippen LogP contribution is 2.14. The van der Waals surface area contributed by atoms with Gasteiger partial charge in [-0.3, -0.25) is 0 Å². The zero-order valence-electron chi connectivity index (χ0n) is 9.88. The molecule has 0 aliphatic carbocycles. The maximum absolute atomic E-state index is 4.42. The molecule has 1 fully saturated rings. The van der Waals surface area contributed by atoms with Crippen LogP contribution in [-0.2, 0) is 6.42 Å². The summed E-state index contributed by atoms with van der Waals surface area (Å²) in [5.74, 6) is 0.800. The summed E-state index contributed by atoms with van der Waals surface area (Å²) in [6.45, 7) is 1.10. The highest BCUT2D eigenvalue weighted by molar-refractivity contribution is 9.10. The Bertz CT molecular complexity index is 533. The fraction of sp³-hybridized carbons (Fsp3) is 0.417. The molecule has 0 saturated carbocycles. The summed E-state index contributed by atoms with van der Waals surface area (Å²) in [6, 6.07) is 8.37. The van der Waals surface area contributed by atoms with Gasteiger partial charge in [0.15, 0.2) is 5.82 Å². The van der Waals surface area contributed by atoms with E-state index in [2.05, 4.69) is 36.7 Å². The Hall–Kier alpha value is -1.27. The fourth-order valence-electron chi connectivity index (χ4n) is 2.19. The number of rotatable bonds is 3. The van der Waals surface area contributed by atoms with Gasteiger partial charge in [-0.25, -0.2) is 0 Å².